The predicted octanol–water partition coefficient (Wildman–Crippen LogP) is 1.01. The zero-order valence-corrected chi connectivity index (χ0v) is 11.5. The number of amides is 1. The van der Waals surface area contributed by atoms with Crippen LogP contribution in [0.1, 0.15) is 12.0 Å². The van der Waals surface area contributed by atoms with E-state index in [1.165, 1.54) is 0 Å². The number of benzene rings is 1. The molecule has 2 N–H and O–H groups in total. The molecule has 0 bridgehead atoms. The summed E-state index contributed by atoms with van der Waals surface area (Å²) in [7, 11) is 1.15. The number of halogens is 1. The van der Waals surface area contributed by atoms with Crippen LogP contribution < -0.4 is 5.32 Å². The van der Waals surface area contributed by atoms with Crippen LogP contribution in [0.25, 0.3) is 0 Å². The molecule has 1 aromatic carbocycles. The molecule has 0 aliphatic rings. The van der Waals surface area contributed by atoms with Gasteiger partial charge >= 0.3 is 11.9 Å². The number of nitrogens with one attached hydrogen (secondary N) is 1. The number of carbonyl (C=O) groups is 3. The van der Waals surface area contributed by atoms with Gasteiger partial charge in [-0.05, 0) is 17.7 Å². The molecule has 0 radical (unpaired) electrons. The van der Waals surface area contributed by atoms with E-state index in [0.717, 1.165) is 7.11 Å². The van der Waals surface area contributed by atoms with Crippen LogP contribution in [0, 0.1) is 0 Å². The highest BCUT2D eigenvalue weighted by Gasteiger charge is 2.23. The van der Waals surface area contributed by atoms with Crippen molar-refractivity contribution in [2.45, 2.75) is 18.9 Å². The van der Waals surface area contributed by atoms with Gasteiger partial charge < -0.3 is 15.2 Å². The molecule has 1 amide bonds. The fraction of sp³-hybridized carbons (Fsp3) is 0.308. The highest BCUT2D eigenvalue weighted by Crippen LogP contribution is 2.11. The number of ether oxygens (including phenoxy) is 1. The van der Waals surface area contributed by atoms with E-state index in [9.17, 15) is 14.4 Å². The minimum Gasteiger partial charge on any atom is -0.480 e. The highest BCUT2D eigenvalue weighted by molar-refractivity contribution is 6.30. The molecule has 0 aliphatic heterocycles. The molecular weight excluding hydrogens is 286 g/mol. The first-order valence-electron chi connectivity index (χ1n) is 5.75. The lowest BCUT2D eigenvalue weighted by Gasteiger charge is -2.13. The minimum absolute atomic E-state index is 0.0223. The average Bonchev–Trinajstić information content (AvgIpc) is 2.37. The van der Waals surface area contributed by atoms with Gasteiger partial charge in [0.1, 0.15) is 6.04 Å². The van der Waals surface area contributed by atoms with Crippen molar-refractivity contribution in [3.05, 3.63) is 34.9 Å². The molecule has 108 valence electrons. The van der Waals surface area contributed by atoms with Crippen LogP contribution in [0.3, 0.4) is 0 Å². The molecule has 0 unspecified atom stereocenters. The first kappa shape index (κ1) is 16.0. The van der Waals surface area contributed by atoms with Gasteiger partial charge in [0.2, 0.25) is 5.91 Å². The van der Waals surface area contributed by atoms with Crippen molar-refractivity contribution in [3.63, 3.8) is 0 Å². The summed E-state index contributed by atoms with van der Waals surface area (Å²) < 4.78 is 4.38. The number of hydrogen-bond acceptors (Lipinski definition) is 4. The Balaban J connectivity index is 2.62. The van der Waals surface area contributed by atoms with Crippen molar-refractivity contribution in [1.82, 2.24) is 5.32 Å². The monoisotopic (exact) mass is 299 g/mol. The summed E-state index contributed by atoms with van der Waals surface area (Å²) in [6, 6.07) is 5.35. The molecule has 0 spiro atoms. The number of carboxylic acid groups (broad SMARTS) is 1. The zero-order chi connectivity index (χ0) is 15.1. The zero-order valence-electron chi connectivity index (χ0n) is 10.8. The lowest BCUT2D eigenvalue weighted by atomic mass is 10.1. The van der Waals surface area contributed by atoms with E-state index in [4.69, 9.17) is 16.7 Å². The van der Waals surface area contributed by atoms with Crippen molar-refractivity contribution >= 4 is 29.4 Å². The van der Waals surface area contributed by atoms with Gasteiger partial charge in [-0.25, -0.2) is 4.79 Å². The van der Waals surface area contributed by atoms with E-state index in [2.05, 4.69) is 10.1 Å². The molecular formula is C13H14ClNO5. The topological polar surface area (TPSA) is 92.7 Å². The highest BCUT2D eigenvalue weighted by atomic mass is 35.5. The van der Waals surface area contributed by atoms with Gasteiger partial charge in [0.05, 0.1) is 20.0 Å². The largest absolute Gasteiger partial charge is 0.480 e. The maximum Gasteiger partial charge on any atom is 0.326 e. The Labute approximate surface area is 120 Å². The van der Waals surface area contributed by atoms with Gasteiger partial charge in [-0.15, -0.1) is 0 Å². The fourth-order valence-electron chi connectivity index (χ4n) is 1.53. The molecule has 7 heteroatoms. The van der Waals surface area contributed by atoms with E-state index in [0.29, 0.717) is 10.6 Å². The first-order chi connectivity index (χ1) is 9.42. The van der Waals surface area contributed by atoms with E-state index < -0.39 is 30.3 Å². The number of aliphatic carboxylic acids is 1. The molecule has 1 aromatic rings. The lowest BCUT2D eigenvalue weighted by Crippen LogP contribution is -2.43. The Morgan fingerprint density at radius 1 is 1.40 bits per heavy atom. The summed E-state index contributed by atoms with van der Waals surface area (Å²) >= 11 is 5.79. The van der Waals surface area contributed by atoms with Crippen LogP contribution in [-0.2, 0) is 25.5 Å². The van der Waals surface area contributed by atoms with Gasteiger partial charge in [-0.1, -0.05) is 23.7 Å². The fourth-order valence-corrected chi connectivity index (χ4v) is 1.74. The standard InChI is InChI=1S/C13H14ClNO5/c1-20-12(17)7-10(13(18)19)15-11(16)6-8-3-2-4-9(14)5-8/h2-5,10H,6-7H2,1H3,(H,15,16)(H,18,19)/t10-/m0/s1. The summed E-state index contributed by atoms with van der Waals surface area (Å²) in [5, 5.41) is 11.7. The second-order valence-electron chi connectivity index (χ2n) is 4.05. The van der Waals surface area contributed by atoms with Gasteiger partial charge in [-0.3, -0.25) is 9.59 Å². The van der Waals surface area contributed by atoms with Crippen molar-refractivity contribution in [2.24, 2.45) is 0 Å². The summed E-state index contributed by atoms with van der Waals surface area (Å²) in [5.74, 6) is -2.51. The van der Waals surface area contributed by atoms with E-state index >= 15 is 0 Å². The molecule has 0 aromatic heterocycles. The third-order valence-electron chi connectivity index (χ3n) is 2.49. The van der Waals surface area contributed by atoms with Crippen molar-refractivity contribution in [2.75, 3.05) is 7.11 Å². The number of carbonyl (C=O) groups excluding carboxylic acids is 2. The Bertz CT molecular complexity index is 517. The van der Waals surface area contributed by atoms with Crippen molar-refractivity contribution < 1.29 is 24.2 Å². The van der Waals surface area contributed by atoms with Crippen LogP contribution in [0.5, 0.6) is 0 Å². The Kier molecular flexibility index (Phi) is 5.99. The lowest BCUT2D eigenvalue weighted by molar-refractivity contribution is -0.148. The first-order valence-corrected chi connectivity index (χ1v) is 6.13. The van der Waals surface area contributed by atoms with Crippen molar-refractivity contribution in [1.29, 1.82) is 0 Å². The molecule has 0 aliphatic carbocycles. The van der Waals surface area contributed by atoms with Gasteiger partial charge in [0, 0.05) is 5.02 Å². The molecule has 1 atom stereocenters. The number of hydrogen-bond donors (Lipinski definition) is 2. The normalized spacial score (nSPS) is 11.5. The Morgan fingerprint density at radius 2 is 2.10 bits per heavy atom. The third-order valence-corrected chi connectivity index (χ3v) is 2.72. The summed E-state index contributed by atoms with van der Waals surface area (Å²) in [5.41, 5.74) is 0.650. The Morgan fingerprint density at radius 3 is 2.65 bits per heavy atom. The number of carboxylic acids is 1. The van der Waals surface area contributed by atoms with Crippen LogP contribution >= 0.6 is 11.6 Å². The maximum absolute atomic E-state index is 11.7. The second-order valence-corrected chi connectivity index (χ2v) is 4.48. The quantitative estimate of drug-likeness (QED) is 0.765. The number of esters is 1. The minimum atomic E-state index is -1.31. The van der Waals surface area contributed by atoms with Crippen molar-refractivity contribution in [3.8, 4) is 0 Å². The summed E-state index contributed by atoms with van der Waals surface area (Å²) in [6.45, 7) is 0. The smallest absolute Gasteiger partial charge is 0.326 e. The van der Waals surface area contributed by atoms with Gasteiger partial charge in [0.25, 0.3) is 0 Å². The molecule has 0 fully saturated rings. The molecule has 6 nitrogen and oxygen atoms in total. The van der Waals surface area contributed by atoms with E-state index in [-0.39, 0.29) is 6.42 Å². The molecule has 0 saturated carbocycles. The van der Waals surface area contributed by atoms with E-state index in [1.54, 1.807) is 24.3 Å². The van der Waals surface area contributed by atoms with Crippen LogP contribution in [0.15, 0.2) is 24.3 Å². The second kappa shape index (κ2) is 7.49. The SMILES string of the molecule is COC(=O)C[C@H](NC(=O)Cc1cccc(Cl)c1)C(=O)O. The Hall–Kier alpha value is -2.08. The van der Waals surface area contributed by atoms with Crippen LogP contribution in [0.2, 0.25) is 5.02 Å². The summed E-state index contributed by atoms with van der Waals surface area (Å²) in [6.07, 6.45) is -0.446. The average molecular weight is 300 g/mol. The number of methoxy groups -OCH3 is 1. The number of rotatable bonds is 6. The van der Waals surface area contributed by atoms with Crippen LogP contribution in [0.4, 0.5) is 0 Å². The summed E-state index contributed by atoms with van der Waals surface area (Å²) in [4.78, 5) is 33.7. The molecule has 0 saturated heterocycles. The molecule has 0 heterocycles. The molecule has 1 rings (SSSR count). The van der Waals surface area contributed by atoms with Crippen LogP contribution in [-0.4, -0.2) is 36.1 Å². The molecule has 20 heavy (non-hydrogen) atoms. The maximum atomic E-state index is 11.7. The van der Waals surface area contributed by atoms with Gasteiger partial charge in [0.15, 0.2) is 0 Å². The van der Waals surface area contributed by atoms with Gasteiger partial charge in [-0.2, -0.15) is 0 Å². The third kappa shape index (κ3) is 5.27. The van der Waals surface area contributed by atoms with E-state index in [1.807, 2.05) is 0 Å². The predicted molar refractivity (Wildman–Crippen MR) is 71.4 cm³/mol.